The highest BCUT2D eigenvalue weighted by Crippen LogP contribution is 2.32. The van der Waals surface area contributed by atoms with E-state index in [0.717, 1.165) is 35.2 Å². The zero-order chi connectivity index (χ0) is 12.5. The molecule has 0 amide bonds. The second-order valence-electron chi connectivity index (χ2n) is 5.30. The summed E-state index contributed by atoms with van der Waals surface area (Å²) < 4.78 is 0.980. The maximum atomic E-state index is 6.17. The third kappa shape index (κ3) is 2.90. The number of hydrogen-bond acceptors (Lipinski definition) is 2. The van der Waals surface area contributed by atoms with Crippen molar-refractivity contribution in [2.45, 2.75) is 37.9 Å². The van der Waals surface area contributed by atoms with Gasteiger partial charge in [-0.15, -0.1) is 0 Å². The fourth-order valence-corrected chi connectivity index (χ4v) is 3.18. The normalized spacial score (nSPS) is 23.8. The molecule has 0 radical (unpaired) electrons. The molecule has 18 heavy (non-hydrogen) atoms. The topological polar surface area (TPSA) is 15.3 Å². The Morgan fingerprint density at radius 3 is 2.72 bits per heavy atom. The van der Waals surface area contributed by atoms with Crippen LogP contribution in [-0.2, 0) is 6.54 Å². The van der Waals surface area contributed by atoms with Crippen LogP contribution in [0, 0.1) is 0 Å². The first-order valence-electron chi connectivity index (χ1n) is 6.64. The first-order valence-corrected chi connectivity index (χ1v) is 7.81. The van der Waals surface area contributed by atoms with Gasteiger partial charge in [-0.25, -0.2) is 0 Å². The summed E-state index contributed by atoms with van der Waals surface area (Å²) in [6.45, 7) is 3.33. The molecule has 1 heterocycles. The smallest absolute Gasteiger partial charge is 0.0551 e. The van der Waals surface area contributed by atoms with Gasteiger partial charge in [0, 0.05) is 29.6 Å². The minimum atomic E-state index is 0.708. The molecule has 2 fully saturated rings. The third-order valence-corrected chi connectivity index (χ3v) is 5.10. The van der Waals surface area contributed by atoms with Gasteiger partial charge in [-0.3, -0.25) is 4.90 Å². The van der Waals surface area contributed by atoms with E-state index in [-0.39, 0.29) is 0 Å². The van der Waals surface area contributed by atoms with E-state index in [0.29, 0.717) is 6.04 Å². The fraction of sp³-hybridized carbons (Fsp3) is 0.571. The van der Waals surface area contributed by atoms with Crippen LogP contribution in [0.3, 0.4) is 0 Å². The van der Waals surface area contributed by atoms with Crippen LogP contribution in [0.25, 0.3) is 0 Å². The van der Waals surface area contributed by atoms with Crippen LogP contribution in [0.4, 0.5) is 0 Å². The Morgan fingerprint density at radius 1 is 1.28 bits per heavy atom. The summed E-state index contributed by atoms with van der Waals surface area (Å²) in [6, 6.07) is 7.82. The summed E-state index contributed by atoms with van der Waals surface area (Å²) in [5, 5.41) is 4.28. The SMILES string of the molecule is Clc1cc(CN(C2CC2)C2CCNC2)ccc1Br. The van der Waals surface area contributed by atoms with Crippen molar-refractivity contribution in [2.75, 3.05) is 13.1 Å². The maximum absolute atomic E-state index is 6.17. The van der Waals surface area contributed by atoms with Gasteiger partial charge in [0.25, 0.3) is 0 Å². The third-order valence-electron chi connectivity index (χ3n) is 3.87. The second-order valence-corrected chi connectivity index (χ2v) is 6.56. The van der Waals surface area contributed by atoms with Crippen LogP contribution < -0.4 is 5.32 Å². The van der Waals surface area contributed by atoms with Crippen molar-refractivity contribution >= 4 is 27.5 Å². The molecule has 0 bridgehead atoms. The summed E-state index contributed by atoms with van der Waals surface area (Å²) in [4.78, 5) is 2.67. The van der Waals surface area contributed by atoms with E-state index in [4.69, 9.17) is 11.6 Å². The van der Waals surface area contributed by atoms with Gasteiger partial charge in [-0.2, -0.15) is 0 Å². The Morgan fingerprint density at radius 2 is 2.11 bits per heavy atom. The molecule has 1 atom stereocenters. The Hall–Kier alpha value is -0.0900. The summed E-state index contributed by atoms with van der Waals surface area (Å²) in [6.07, 6.45) is 4.00. The van der Waals surface area contributed by atoms with Crippen LogP contribution in [0.15, 0.2) is 22.7 Å². The summed E-state index contributed by atoms with van der Waals surface area (Å²) in [5.74, 6) is 0. The Balaban J connectivity index is 1.73. The quantitative estimate of drug-likeness (QED) is 0.910. The average molecular weight is 330 g/mol. The highest BCUT2D eigenvalue weighted by Gasteiger charge is 2.34. The van der Waals surface area contributed by atoms with Crippen molar-refractivity contribution in [1.29, 1.82) is 0 Å². The predicted octanol–water partition coefficient (Wildman–Crippen LogP) is 3.43. The van der Waals surface area contributed by atoms with Gasteiger partial charge in [0.2, 0.25) is 0 Å². The number of nitrogens with zero attached hydrogens (tertiary/aromatic N) is 1. The van der Waals surface area contributed by atoms with Gasteiger partial charge < -0.3 is 5.32 Å². The molecule has 0 spiro atoms. The molecule has 1 saturated carbocycles. The molecule has 0 aromatic heterocycles. The molecular weight excluding hydrogens is 312 g/mol. The first-order chi connectivity index (χ1) is 8.74. The highest BCUT2D eigenvalue weighted by atomic mass is 79.9. The van der Waals surface area contributed by atoms with Gasteiger partial charge in [0.15, 0.2) is 0 Å². The fourth-order valence-electron chi connectivity index (χ4n) is 2.73. The van der Waals surface area contributed by atoms with E-state index in [1.165, 1.54) is 24.8 Å². The van der Waals surface area contributed by atoms with Gasteiger partial charge >= 0.3 is 0 Å². The van der Waals surface area contributed by atoms with Gasteiger partial charge in [-0.05, 0) is 59.4 Å². The molecule has 1 aromatic rings. The van der Waals surface area contributed by atoms with Crippen molar-refractivity contribution in [3.05, 3.63) is 33.3 Å². The Labute approximate surface area is 122 Å². The largest absolute Gasteiger partial charge is 0.315 e. The minimum Gasteiger partial charge on any atom is -0.315 e. The van der Waals surface area contributed by atoms with Gasteiger partial charge in [-0.1, -0.05) is 17.7 Å². The molecule has 1 aromatic carbocycles. The van der Waals surface area contributed by atoms with Crippen LogP contribution in [0.2, 0.25) is 5.02 Å². The zero-order valence-corrected chi connectivity index (χ0v) is 12.7. The van der Waals surface area contributed by atoms with E-state index >= 15 is 0 Å². The van der Waals surface area contributed by atoms with Crippen molar-refractivity contribution in [2.24, 2.45) is 0 Å². The standard InChI is InChI=1S/C14H18BrClN2/c15-13-4-1-10(7-14(13)16)9-18(11-2-3-11)12-5-6-17-8-12/h1,4,7,11-12,17H,2-3,5-6,8-9H2. The van der Waals surface area contributed by atoms with Crippen LogP contribution in [0.1, 0.15) is 24.8 Å². The van der Waals surface area contributed by atoms with Gasteiger partial charge in [0.1, 0.15) is 0 Å². The molecule has 1 N–H and O–H groups in total. The maximum Gasteiger partial charge on any atom is 0.0551 e. The lowest BCUT2D eigenvalue weighted by Crippen LogP contribution is -2.38. The molecule has 1 unspecified atom stereocenters. The molecule has 2 nitrogen and oxygen atoms in total. The Kier molecular flexibility index (Phi) is 3.94. The van der Waals surface area contributed by atoms with E-state index < -0.39 is 0 Å². The Bertz CT molecular complexity index is 428. The summed E-state index contributed by atoms with van der Waals surface area (Å²) in [7, 11) is 0. The van der Waals surface area contributed by atoms with Crippen LogP contribution >= 0.6 is 27.5 Å². The lowest BCUT2D eigenvalue weighted by Gasteiger charge is -2.28. The number of halogens is 2. The first kappa shape index (κ1) is 12.9. The second kappa shape index (κ2) is 5.49. The van der Waals surface area contributed by atoms with Crippen LogP contribution in [0.5, 0.6) is 0 Å². The summed E-state index contributed by atoms with van der Waals surface area (Å²) >= 11 is 9.62. The van der Waals surface area contributed by atoms with Gasteiger partial charge in [0.05, 0.1) is 5.02 Å². The molecule has 1 aliphatic heterocycles. The van der Waals surface area contributed by atoms with Crippen molar-refractivity contribution in [3.8, 4) is 0 Å². The number of nitrogens with one attached hydrogen (secondary N) is 1. The van der Waals surface area contributed by atoms with E-state index in [1.54, 1.807) is 0 Å². The number of rotatable bonds is 4. The van der Waals surface area contributed by atoms with Crippen molar-refractivity contribution < 1.29 is 0 Å². The monoisotopic (exact) mass is 328 g/mol. The molecule has 4 heteroatoms. The van der Waals surface area contributed by atoms with Crippen LogP contribution in [-0.4, -0.2) is 30.1 Å². The molecule has 1 saturated heterocycles. The predicted molar refractivity (Wildman–Crippen MR) is 79.0 cm³/mol. The lowest BCUT2D eigenvalue weighted by molar-refractivity contribution is 0.189. The lowest BCUT2D eigenvalue weighted by atomic mass is 10.1. The van der Waals surface area contributed by atoms with E-state index in [9.17, 15) is 0 Å². The summed E-state index contributed by atoms with van der Waals surface area (Å²) in [5.41, 5.74) is 1.32. The minimum absolute atomic E-state index is 0.708. The average Bonchev–Trinajstić information content (AvgIpc) is 3.05. The van der Waals surface area contributed by atoms with E-state index in [2.05, 4.69) is 44.3 Å². The molecule has 2 aliphatic rings. The highest BCUT2D eigenvalue weighted by molar-refractivity contribution is 9.10. The number of benzene rings is 1. The van der Waals surface area contributed by atoms with Crippen molar-refractivity contribution in [1.82, 2.24) is 10.2 Å². The molecule has 3 rings (SSSR count). The molecular formula is C14H18BrClN2. The van der Waals surface area contributed by atoms with E-state index in [1.807, 2.05) is 0 Å². The zero-order valence-electron chi connectivity index (χ0n) is 10.3. The molecule has 98 valence electrons. The number of hydrogen-bond donors (Lipinski definition) is 1. The van der Waals surface area contributed by atoms with Crippen molar-refractivity contribution in [3.63, 3.8) is 0 Å². The molecule has 1 aliphatic carbocycles.